The maximum absolute atomic E-state index is 12.5. The van der Waals surface area contributed by atoms with Crippen molar-refractivity contribution in [2.24, 2.45) is 0 Å². The summed E-state index contributed by atoms with van der Waals surface area (Å²) in [6.45, 7) is 7.65. The molecule has 0 spiro atoms. The van der Waals surface area contributed by atoms with E-state index in [1.807, 2.05) is 32.9 Å². The summed E-state index contributed by atoms with van der Waals surface area (Å²) in [6, 6.07) is 13.5. The van der Waals surface area contributed by atoms with Crippen molar-refractivity contribution in [2.75, 3.05) is 5.32 Å². The standard InChI is InChI=1S/C21H21ClN2O2S/c1-12-5-7-16(8-6-12)19-15(4)27-21(23-19)24-20(25)14(3)26-18-10-9-17(22)11-13(18)2/h5-11,14H,1-4H3,(H,23,24,25). The Labute approximate surface area is 168 Å². The summed E-state index contributed by atoms with van der Waals surface area (Å²) in [7, 11) is 0. The SMILES string of the molecule is Cc1ccc(-c2nc(NC(=O)C(C)Oc3ccc(Cl)cc3C)sc2C)cc1. The van der Waals surface area contributed by atoms with Crippen molar-refractivity contribution < 1.29 is 9.53 Å². The van der Waals surface area contributed by atoms with E-state index in [-0.39, 0.29) is 5.91 Å². The van der Waals surface area contributed by atoms with E-state index >= 15 is 0 Å². The quantitative estimate of drug-likeness (QED) is 0.589. The minimum atomic E-state index is -0.656. The summed E-state index contributed by atoms with van der Waals surface area (Å²) in [5.74, 6) is 0.395. The fraction of sp³-hybridized carbons (Fsp3) is 0.238. The zero-order valence-electron chi connectivity index (χ0n) is 15.7. The average molecular weight is 401 g/mol. The molecule has 3 rings (SSSR count). The predicted molar refractivity (Wildman–Crippen MR) is 112 cm³/mol. The number of thiazole rings is 1. The molecule has 3 aromatic rings. The monoisotopic (exact) mass is 400 g/mol. The first kappa shape index (κ1) is 19.4. The van der Waals surface area contributed by atoms with Gasteiger partial charge < -0.3 is 4.74 Å². The van der Waals surface area contributed by atoms with Crippen LogP contribution in [0.1, 0.15) is 22.9 Å². The number of ether oxygens (including phenoxy) is 1. The molecule has 2 aromatic carbocycles. The molecule has 0 bridgehead atoms. The van der Waals surface area contributed by atoms with Crippen LogP contribution in [-0.2, 0) is 4.79 Å². The van der Waals surface area contributed by atoms with Crippen LogP contribution in [0.4, 0.5) is 5.13 Å². The minimum absolute atomic E-state index is 0.242. The third-order valence-electron chi connectivity index (χ3n) is 4.16. The Morgan fingerprint density at radius 2 is 1.85 bits per heavy atom. The van der Waals surface area contributed by atoms with Crippen molar-refractivity contribution in [3.8, 4) is 17.0 Å². The number of nitrogens with zero attached hydrogens (tertiary/aromatic N) is 1. The maximum atomic E-state index is 12.5. The lowest BCUT2D eigenvalue weighted by atomic mass is 10.1. The van der Waals surface area contributed by atoms with E-state index in [0.717, 1.165) is 21.7 Å². The molecule has 0 aliphatic carbocycles. The molecule has 0 aliphatic heterocycles. The molecular formula is C21H21ClN2O2S. The van der Waals surface area contributed by atoms with Crippen molar-refractivity contribution >= 4 is 34.0 Å². The Hall–Kier alpha value is -2.37. The van der Waals surface area contributed by atoms with Crippen LogP contribution < -0.4 is 10.1 Å². The Kier molecular flexibility index (Phi) is 5.82. The van der Waals surface area contributed by atoms with Gasteiger partial charge in [-0.3, -0.25) is 10.1 Å². The van der Waals surface area contributed by atoms with Gasteiger partial charge >= 0.3 is 0 Å². The molecule has 1 amide bonds. The number of aryl methyl sites for hydroxylation is 3. The molecule has 1 aromatic heterocycles. The van der Waals surface area contributed by atoms with Gasteiger partial charge in [-0.15, -0.1) is 11.3 Å². The van der Waals surface area contributed by atoms with Gasteiger partial charge in [-0.1, -0.05) is 41.4 Å². The van der Waals surface area contributed by atoms with Gasteiger partial charge in [0.15, 0.2) is 11.2 Å². The average Bonchev–Trinajstić information content (AvgIpc) is 2.98. The zero-order valence-corrected chi connectivity index (χ0v) is 17.2. The summed E-state index contributed by atoms with van der Waals surface area (Å²) >= 11 is 7.41. The normalized spacial score (nSPS) is 11.9. The van der Waals surface area contributed by atoms with Crippen LogP contribution in [0.15, 0.2) is 42.5 Å². The highest BCUT2D eigenvalue weighted by molar-refractivity contribution is 7.16. The van der Waals surface area contributed by atoms with E-state index < -0.39 is 6.10 Å². The third-order valence-corrected chi connectivity index (χ3v) is 5.28. The van der Waals surface area contributed by atoms with Crippen LogP contribution in [0.25, 0.3) is 11.3 Å². The van der Waals surface area contributed by atoms with Crippen LogP contribution in [0.2, 0.25) is 5.02 Å². The Bertz CT molecular complexity index is 967. The molecule has 140 valence electrons. The molecule has 1 atom stereocenters. The van der Waals surface area contributed by atoms with E-state index in [4.69, 9.17) is 16.3 Å². The molecule has 27 heavy (non-hydrogen) atoms. The summed E-state index contributed by atoms with van der Waals surface area (Å²) in [4.78, 5) is 18.1. The van der Waals surface area contributed by atoms with Gasteiger partial charge in [0.1, 0.15) is 5.75 Å². The number of hydrogen-bond donors (Lipinski definition) is 1. The lowest BCUT2D eigenvalue weighted by Crippen LogP contribution is -2.30. The van der Waals surface area contributed by atoms with E-state index in [9.17, 15) is 4.79 Å². The first-order valence-corrected chi connectivity index (χ1v) is 9.81. The second-order valence-corrected chi connectivity index (χ2v) is 8.09. The number of amides is 1. The number of benzene rings is 2. The number of nitrogens with one attached hydrogen (secondary N) is 1. The number of halogens is 1. The smallest absolute Gasteiger partial charge is 0.266 e. The Balaban J connectivity index is 1.70. The number of rotatable bonds is 5. The number of carbonyl (C=O) groups is 1. The molecule has 0 radical (unpaired) electrons. The van der Waals surface area contributed by atoms with E-state index in [1.165, 1.54) is 16.9 Å². The van der Waals surface area contributed by atoms with Gasteiger partial charge in [-0.2, -0.15) is 0 Å². The van der Waals surface area contributed by atoms with Crippen molar-refractivity contribution in [1.82, 2.24) is 4.98 Å². The molecule has 0 aliphatic rings. The molecule has 0 fully saturated rings. The summed E-state index contributed by atoms with van der Waals surface area (Å²) in [5, 5.41) is 4.06. The molecule has 1 N–H and O–H groups in total. The zero-order chi connectivity index (χ0) is 19.6. The highest BCUT2D eigenvalue weighted by atomic mass is 35.5. The molecule has 6 heteroatoms. The van der Waals surface area contributed by atoms with Crippen LogP contribution in [0, 0.1) is 20.8 Å². The van der Waals surface area contributed by atoms with Crippen molar-refractivity contribution in [1.29, 1.82) is 0 Å². The fourth-order valence-electron chi connectivity index (χ4n) is 2.63. The van der Waals surface area contributed by atoms with Crippen molar-refractivity contribution in [3.05, 3.63) is 63.5 Å². The van der Waals surface area contributed by atoms with Gasteiger partial charge in [0.05, 0.1) is 5.69 Å². The van der Waals surface area contributed by atoms with E-state index in [0.29, 0.717) is 15.9 Å². The van der Waals surface area contributed by atoms with E-state index in [2.05, 4.69) is 22.4 Å². The topological polar surface area (TPSA) is 51.2 Å². The number of carbonyl (C=O) groups excluding carboxylic acids is 1. The van der Waals surface area contributed by atoms with E-state index in [1.54, 1.807) is 25.1 Å². The van der Waals surface area contributed by atoms with Crippen LogP contribution in [-0.4, -0.2) is 17.0 Å². The van der Waals surface area contributed by atoms with Gasteiger partial charge in [0.2, 0.25) is 0 Å². The Morgan fingerprint density at radius 3 is 2.52 bits per heavy atom. The number of hydrogen-bond acceptors (Lipinski definition) is 4. The van der Waals surface area contributed by atoms with Gasteiger partial charge in [-0.05, 0) is 51.5 Å². The summed E-state index contributed by atoms with van der Waals surface area (Å²) in [6.07, 6.45) is -0.656. The molecule has 1 heterocycles. The first-order chi connectivity index (χ1) is 12.8. The Morgan fingerprint density at radius 1 is 1.15 bits per heavy atom. The molecular weight excluding hydrogens is 380 g/mol. The first-order valence-electron chi connectivity index (χ1n) is 8.61. The molecule has 0 saturated heterocycles. The summed E-state index contributed by atoms with van der Waals surface area (Å²) < 4.78 is 5.78. The minimum Gasteiger partial charge on any atom is -0.481 e. The third kappa shape index (κ3) is 4.67. The molecule has 0 saturated carbocycles. The van der Waals surface area contributed by atoms with Crippen LogP contribution in [0.5, 0.6) is 5.75 Å². The van der Waals surface area contributed by atoms with Gasteiger partial charge in [0, 0.05) is 15.5 Å². The number of aromatic nitrogens is 1. The lowest BCUT2D eigenvalue weighted by molar-refractivity contribution is -0.122. The highest BCUT2D eigenvalue weighted by Crippen LogP contribution is 2.31. The van der Waals surface area contributed by atoms with Crippen molar-refractivity contribution in [2.45, 2.75) is 33.8 Å². The van der Waals surface area contributed by atoms with Gasteiger partial charge in [-0.25, -0.2) is 4.98 Å². The van der Waals surface area contributed by atoms with Crippen LogP contribution in [0.3, 0.4) is 0 Å². The fourth-order valence-corrected chi connectivity index (χ4v) is 3.69. The summed E-state index contributed by atoms with van der Waals surface area (Å²) in [5.41, 5.74) is 4.01. The highest BCUT2D eigenvalue weighted by Gasteiger charge is 2.18. The van der Waals surface area contributed by atoms with Gasteiger partial charge in [0.25, 0.3) is 5.91 Å². The van der Waals surface area contributed by atoms with Crippen molar-refractivity contribution in [3.63, 3.8) is 0 Å². The second kappa shape index (κ2) is 8.11. The molecule has 1 unspecified atom stereocenters. The molecule has 4 nitrogen and oxygen atoms in total. The second-order valence-electron chi connectivity index (χ2n) is 6.45. The number of anilines is 1. The predicted octanol–water partition coefficient (Wildman–Crippen LogP) is 5.79. The van der Waals surface area contributed by atoms with Crippen LogP contribution >= 0.6 is 22.9 Å². The largest absolute Gasteiger partial charge is 0.481 e. The maximum Gasteiger partial charge on any atom is 0.266 e. The lowest BCUT2D eigenvalue weighted by Gasteiger charge is -2.15.